The van der Waals surface area contributed by atoms with Gasteiger partial charge in [-0.25, -0.2) is 14.0 Å². The second-order valence-corrected chi connectivity index (χ2v) is 20.8. The van der Waals surface area contributed by atoms with Crippen molar-refractivity contribution in [3.8, 4) is 5.75 Å². The number of halogens is 1. The van der Waals surface area contributed by atoms with E-state index in [0.717, 1.165) is 98.2 Å². The van der Waals surface area contributed by atoms with Crippen molar-refractivity contribution < 1.29 is 32.9 Å². The lowest BCUT2D eigenvalue weighted by Crippen LogP contribution is -2.49. The highest BCUT2D eigenvalue weighted by Crippen LogP contribution is 2.39. The molecular formula is C53H75FN6O6. The topological polar surface area (TPSA) is 90.5 Å². The van der Waals surface area contributed by atoms with E-state index in [1.165, 1.54) is 83.6 Å². The fourth-order valence-corrected chi connectivity index (χ4v) is 10.9. The quantitative estimate of drug-likeness (QED) is 0.239. The molecule has 4 saturated heterocycles. The lowest BCUT2D eigenvalue weighted by molar-refractivity contribution is 0.0115. The van der Waals surface area contributed by atoms with E-state index in [-0.39, 0.29) is 28.8 Å². The first-order valence-electron chi connectivity index (χ1n) is 24.8. The minimum absolute atomic E-state index is 0.0396. The number of rotatable bonds is 6. The number of carbonyl (C=O) groups is 2. The minimum atomic E-state index is -0.392. The number of fused-ring (bicyclic) bond motifs is 2. The maximum Gasteiger partial charge on any atom is 0.415 e. The fourth-order valence-electron chi connectivity index (χ4n) is 10.9. The van der Waals surface area contributed by atoms with Crippen LogP contribution in [0.5, 0.6) is 5.75 Å². The molecule has 3 aromatic carbocycles. The smallest absolute Gasteiger partial charge is 0.415 e. The molecule has 0 atom stereocenters. The third-order valence-electron chi connectivity index (χ3n) is 15.0. The van der Waals surface area contributed by atoms with E-state index in [1.54, 1.807) is 4.90 Å². The van der Waals surface area contributed by atoms with Crippen molar-refractivity contribution in [2.24, 2.45) is 0 Å². The van der Waals surface area contributed by atoms with Gasteiger partial charge in [-0.3, -0.25) is 9.80 Å². The van der Waals surface area contributed by atoms with Gasteiger partial charge in [0.25, 0.3) is 0 Å². The number of amides is 2. The first kappa shape index (κ1) is 48.0. The standard InChI is InChI=1S/C28H36FN3O3.C25H39N3O3/c1-28(2)11-14-32(27(33)35-25-6-3-22(29)4-7-25)20-21-19-24(5-8-26(21)28)30-12-9-23(10-13-30)31-15-17-34-18-16-31;1-19(2)31-24(29)28-12-9-25(3,4)23-6-5-22(17-20(23)18-28)26-10-7-21(8-11-26)27-13-15-30-16-14-27/h3-8,19,23H,9-18,20H2,1-2H3;5-6,17,19,21H,7-16,18H2,1-4H3. The van der Waals surface area contributed by atoms with Crippen LogP contribution in [0.3, 0.4) is 0 Å². The lowest BCUT2D eigenvalue weighted by Gasteiger charge is -2.41. The van der Waals surface area contributed by atoms with Crippen LogP contribution < -0.4 is 14.5 Å². The Morgan fingerprint density at radius 1 is 0.591 bits per heavy atom. The molecule has 4 fully saturated rings. The number of hydrogen-bond donors (Lipinski definition) is 0. The average molecular weight is 911 g/mol. The van der Waals surface area contributed by atoms with Gasteiger partial charge in [0.1, 0.15) is 11.6 Å². The summed E-state index contributed by atoms with van der Waals surface area (Å²) in [6.07, 6.45) is 5.84. The van der Waals surface area contributed by atoms with Crippen molar-refractivity contribution in [3.05, 3.63) is 88.7 Å². The maximum absolute atomic E-state index is 13.2. The SMILES string of the molecule is CC(C)OC(=O)N1CCC(C)(C)c2ccc(N3CCC(N4CCOCC4)CC3)cc2C1.CC1(C)CCN(C(=O)Oc2ccc(F)cc2)Cc2cc(N3CCC(N4CCOCC4)CC3)ccc21. The van der Waals surface area contributed by atoms with Crippen LogP contribution in [-0.4, -0.2) is 142 Å². The van der Waals surface area contributed by atoms with E-state index < -0.39 is 6.09 Å². The zero-order valence-corrected chi connectivity index (χ0v) is 40.6. The zero-order chi connectivity index (χ0) is 46.4. The van der Waals surface area contributed by atoms with E-state index in [1.807, 2.05) is 18.7 Å². The molecule has 0 N–H and O–H groups in total. The maximum atomic E-state index is 13.2. The average Bonchev–Trinajstić information content (AvgIpc) is 3.55. The third kappa shape index (κ3) is 11.8. The Labute approximate surface area is 393 Å². The van der Waals surface area contributed by atoms with Crippen LogP contribution in [0.1, 0.15) is 102 Å². The van der Waals surface area contributed by atoms with Crippen molar-refractivity contribution in [1.29, 1.82) is 0 Å². The van der Waals surface area contributed by atoms with Crippen LogP contribution in [0.25, 0.3) is 0 Å². The van der Waals surface area contributed by atoms with Crippen molar-refractivity contribution in [1.82, 2.24) is 19.6 Å². The van der Waals surface area contributed by atoms with Crippen LogP contribution >= 0.6 is 0 Å². The third-order valence-corrected chi connectivity index (χ3v) is 15.0. The van der Waals surface area contributed by atoms with Gasteiger partial charge >= 0.3 is 12.2 Å². The molecule has 6 heterocycles. The number of morpholine rings is 2. The first-order valence-corrected chi connectivity index (χ1v) is 24.8. The normalized spacial score (nSPS) is 22.1. The van der Waals surface area contributed by atoms with Crippen molar-refractivity contribution >= 4 is 23.6 Å². The van der Waals surface area contributed by atoms with Crippen LogP contribution in [-0.2, 0) is 38.1 Å². The highest BCUT2D eigenvalue weighted by atomic mass is 19.1. The summed E-state index contributed by atoms with van der Waals surface area (Å²) in [5, 5.41) is 0. The molecular weight excluding hydrogens is 836 g/mol. The Hall–Kier alpha value is -4.43. The van der Waals surface area contributed by atoms with Gasteiger partial charge in [0.05, 0.1) is 32.5 Å². The number of carbonyl (C=O) groups excluding carboxylic acids is 2. The monoisotopic (exact) mass is 911 g/mol. The molecule has 13 heteroatoms. The summed E-state index contributed by atoms with van der Waals surface area (Å²) in [6, 6.07) is 20.6. The van der Waals surface area contributed by atoms with E-state index in [0.29, 0.717) is 37.5 Å². The fraction of sp³-hybridized carbons (Fsp3) is 0.623. The molecule has 0 aromatic heterocycles. The van der Waals surface area contributed by atoms with Gasteiger partial charge < -0.3 is 38.5 Å². The molecule has 360 valence electrons. The number of nitrogens with zero attached hydrogens (tertiary/aromatic N) is 6. The highest BCUT2D eigenvalue weighted by Gasteiger charge is 2.35. The first-order chi connectivity index (χ1) is 31.7. The van der Waals surface area contributed by atoms with Gasteiger partial charge in [-0.1, -0.05) is 39.8 Å². The second-order valence-electron chi connectivity index (χ2n) is 20.8. The molecule has 66 heavy (non-hydrogen) atoms. The molecule has 0 unspecified atom stereocenters. The van der Waals surface area contributed by atoms with Crippen molar-refractivity contribution in [2.45, 2.75) is 122 Å². The van der Waals surface area contributed by atoms with Crippen LogP contribution in [0.4, 0.5) is 25.4 Å². The number of anilines is 2. The van der Waals surface area contributed by atoms with E-state index in [4.69, 9.17) is 18.9 Å². The van der Waals surface area contributed by atoms with E-state index >= 15 is 0 Å². The molecule has 0 radical (unpaired) electrons. The molecule has 12 nitrogen and oxygen atoms in total. The summed E-state index contributed by atoms with van der Waals surface area (Å²) in [6.45, 7) is 27.3. The van der Waals surface area contributed by atoms with Crippen LogP contribution in [0.2, 0.25) is 0 Å². The van der Waals surface area contributed by atoms with Gasteiger partial charge in [0.15, 0.2) is 0 Å². The Morgan fingerprint density at radius 3 is 1.44 bits per heavy atom. The second kappa shape index (κ2) is 21.3. The van der Waals surface area contributed by atoms with Gasteiger partial charge in [0, 0.05) is 102 Å². The lowest BCUT2D eigenvalue weighted by atomic mass is 9.80. The summed E-state index contributed by atoms with van der Waals surface area (Å²) in [5.74, 6) is 0.00813. The Balaban J connectivity index is 0.000000181. The number of benzene rings is 3. The molecule has 6 aliphatic rings. The zero-order valence-electron chi connectivity index (χ0n) is 40.6. The Morgan fingerprint density at radius 2 is 1.02 bits per heavy atom. The van der Waals surface area contributed by atoms with Gasteiger partial charge in [-0.2, -0.15) is 0 Å². The molecule has 9 rings (SSSR count). The number of ether oxygens (including phenoxy) is 4. The molecule has 0 spiro atoms. The predicted octanol–water partition coefficient (Wildman–Crippen LogP) is 8.82. The Bertz CT molecular complexity index is 2090. The number of piperidine rings is 2. The summed E-state index contributed by atoms with van der Waals surface area (Å²) in [7, 11) is 0. The molecule has 6 aliphatic heterocycles. The van der Waals surface area contributed by atoms with E-state index in [9.17, 15) is 14.0 Å². The minimum Gasteiger partial charge on any atom is -0.447 e. The van der Waals surface area contributed by atoms with Crippen LogP contribution in [0.15, 0.2) is 60.7 Å². The summed E-state index contributed by atoms with van der Waals surface area (Å²) >= 11 is 0. The van der Waals surface area contributed by atoms with Crippen molar-refractivity contribution in [2.75, 3.05) is 102 Å². The van der Waals surface area contributed by atoms with E-state index in [2.05, 4.69) is 83.7 Å². The number of hydrogen-bond acceptors (Lipinski definition) is 10. The van der Waals surface area contributed by atoms with Crippen LogP contribution in [0, 0.1) is 5.82 Å². The largest absolute Gasteiger partial charge is 0.447 e. The van der Waals surface area contributed by atoms with Gasteiger partial charge in [0.2, 0.25) is 0 Å². The predicted molar refractivity (Wildman–Crippen MR) is 258 cm³/mol. The molecule has 2 amide bonds. The summed E-state index contributed by atoms with van der Waals surface area (Å²) in [4.78, 5) is 39.5. The van der Waals surface area contributed by atoms with Crippen molar-refractivity contribution in [3.63, 3.8) is 0 Å². The molecule has 0 saturated carbocycles. The summed E-state index contributed by atoms with van der Waals surface area (Å²) in [5.41, 5.74) is 7.61. The highest BCUT2D eigenvalue weighted by molar-refractivity contribution is 5.71. The molecule has 0 aliphatic carbocycles. The molecule has 0 bridgehead atoms. The summed E-state index contributed by atoms with van der Waals surface area (Å²) < 4.78 is 35.3. The molecule has 3 aromatic rings. The Kier molecular flexibility index (Phi) is 15.5. The van der Waals surface area contributed by atoms with Gasteiger partial charge in [-0.15, -0.1) is 0 Å². The van der Waals surface area contributed by atoms with Gasteiger partial charge in [-0.05, 0) is 134 Å².